The van der Waals surface area contributed by atoms with Crippen molar-refractivity contribution in [2.45, 2.75) is 72.4 Å². The summed E-state index contributed by atoms with van der Waals surface area (Å²) in [6.45, 7) is 9.96. The molecule has 0 aromatic carbocycles. The van der Waals surface area contributed by atoms with Crippen LogP contribution in [-0.4, -0.2) is 44.7 Å². The number of fused-ring (bicyclic) bond motifs is 1. The molecule has 2 amide bonds. The summed E-state index contributed by atoms with van der Waals surface area (Å²) < 4.78 is 0. The first-order valence-electron chi connectivity index (χ1n) is 9.64. The molecule has 1 atom stereocenters. The van der Waals surface area contributed by atoms with Crippen LogP contribution in [0.5, 0.6) is 0 Å². The minimum Gasteiger partial charge on any atom is -0.338 e. The van der Waals surface area contributed by atoms with Crippen molar-refractivity contribution in [1.82, 2.24) is 19.8 Å². The molecule has 1 saturated heterocycles. The van der Waals surface area contributed by atoms with Crippen LogP contribution in [0.1, 0.15) is 76.5 Å². The van der Waals surface area contributed by atoms with Gasteiger partial charge in [0.25, 0.3) is 0 Å². The molecular weight excluding hydrogens is 328 g/mol. The van der Waals surface area contributed by atoms with Crippen LogP contribution >= 0.6 is 0 Å². The molecular formula is C20H30N4O2. The van der Waals surface area contributed by atoms with Crippen molar-refractivity contribution in [3.05, 3.63) is 23.3 Å². The van der Waals surface area contributed by atoms with E-state index in [1.54, 1.807) is 6.92 Å². The molecule has 6 nitrogen and oxygen atoms in total. The summed E-state index contributed by atoms with van der Waals surface area (Å²) in [6.07, 6.45) is 6.25. The van der Waals surface area contributed by atoms with E-state index in [2.05, 4.69) is 25.8 Å². The van der Waals surface area contributed by atoms with Gasteiger partial charge in [-0.3, -0.25) is 9.59 Å². The molecule has 3 heterocycles. The first-order valence-corrected chi connectivity index (χ1v) is 9.64. The van der Waals surface area contributed by atoms with Gasteiger partial charge in [0.2, 0.25) is 11.8 Å². The molecule has 6 heteroatoms. The summed E-state index contributed by atoms with van der Waals surface area (Å²) >= 11 is 0. The molecule has 1 aromatic heterocycles. The average molecular weight is 358 g/mol. The van der Waals surface area contributed by atoms with E-state index in [1.165, 1.54) is 0 Å². The molecule has 1 aromatic rings. The van der Waals surface area contributed by atoms with Gasteiger partial charge in [0.1, 0.15) is 0 Å². The summed E-state index contributed by atoms with van der Waals surface area (Å²) in [5.41, 5.74) is 2.06. The lowest BCUT2D eigenvalue weighted by molar-refractivity contribution is -0.134. The Morgan fingerprint density at radius 2 is 2.00 bits per heavy atom. The number of carbonyl (C=O) groups excluding carboxylic acids is 2. The van der Waals surface area contributed by atoms with Gasteiger partial charge in [0.15, 0.2) is 5.82 Å². The number of hydrogen-bond donors (Lipinski definition) is 0. The number of carbonyl (C=O) groups is 2. The number of hydrogen-bond acceptors (Lipinski definition) is 4. The predicted octanol–water partition coefficient (Wildman–Crippen LogP) is 2.87. The zero-order valence-electron chi connectivity index (χ0n) is 16.4. The fourth-order valence-corrected chi connectivity index (χ4v) is 3.85. The maximum absolute atomic E-state index is 12.5. The highest BCUT2D eigenvalue weighted by Crippen LogP contribution is 2.30. The van der Waals surface area contributed by atoms with Crippen LogP contribution in [0.2, 0.25) is 0 Å². The highest BCUT2D eigenvalue weighted by Gasteiger charge is 2.30. The molecule has 26 heavy (non-hydrogen) atoms. The number of likely N-dealkylation sites (tertiary alicyclic amines) is 1. The fraction of sp³-hybridized carbons (Fsp3) is 0.700. The van der Waals surface area contributed by atoms with Crippen LogP contribution in [0.3, 0.4) is 0 Å². The molecule has 3 rings (SSSR count). The Labute approximate surface area is 156 Å². The second kappa shape index (κ2) is 7.33. The zero-order valence-corrected chi connectivity index (χ0v) is 16.4. The minimum atomic E-state index is -0.00731. The van der Waals surface area contributed by atoms with Crippen molar-refractivity contribution >= 4 is 11.8 Å². The Bertz CT molecular complexity index is 696. The molecule has 0 unspecified atom stereocenters. The van der Waals surface area contributed by atoms with Crippen molar-refractivity contribution in [1.29, 1.82) is 0 Å². The third-order valence-corrected chi connectivity index (χ3v) is 5.19. The SMILES string of the molecule is CC(=O)N1CCCC[C@@H]1c1ncc2c(n1)CCN(C(=O)CC(C)(C)C)C2. The quantitative estimate of drug-likeness (QED) is 0.815. The Hall–Kier alpha value is -1.98. The smallest absolute Gasteiger partial charge is 0.223 e. The van der Waals surface area contributed by atoms with Crippen LogP contribution < -0.4 is 0 Å². The Morgan fingerprint density at radius 3 is 2.69 bits per heavy atom. The van der Waals surface area contributed by atoms with Gasteiger partial charge >= 0.3 is 0 Å². The van der Waals surface area contributed by atoms with Gasteiger partial charge < -0.3 is 9.80 Å². The normalized spacial score (nSPS) is 20.7. The van der Waals surface area contributed by atoms with Crippen molar-refractivity contribution in [2.24, 2.45) is 5.41 Å². The molecule has 1 fully saturated rings. The second-order valence-corrected chi connectivity index (χ2v) is 8.73. The largest absolute Gasteiger partial charge is 0.338 e. The topological polar surface area (TPSA) is 66.4 Å². The summed E-state index contributed by atoms with van der Waals surface area (Å²) in [5, 5.41) is 0. The molecule has 0 bridgehead atoms. The van der Waals surface area contributed by atoms with E-state index in [1.807, 2.05) is 16.0 Å². The van der Waals surface area contributed by atoms with Crippen LogP contribution in [-0.2, 0) is 22.6 Å². The molecule has 0 N–H and O–H groups in total. The third-order valence-electron chi connectivity index (χ3n) is 5.19. The monoisotopic (exact) mass is 358 g/mol. The van der Waals surface area contributed by atoms with E-state index in [9.17, 15) is 9.59 Å². The minimum absolute atomic E-state index is 0.00511. The number of amides is 2. The lowest BCUT2D eigenvalue weighted by Crippen LogP contribution is -2.40. The van der Waals surface area contributed by atoms with Gasteiger partial charge in [-0.2, -0.15) is 0 Å². The number of rotatable bonds is 2. The molecule has 0 saturated carbocycles. The van der Waals surface area contributed by atoms with E-state index in [0.29, 0.717) is 19.5 Å². The van der Waals surface area contributed by atoms with Gasteiger partial charge in [-0.1, -0.05) is 20.8 Å². The average Bonchev–Trinajstić information content (AvgIpc) is 2.59. The summed E-state index contributed by atoms with van der Waals surface area (Å²) in [5.74, 6) is 1.05. The van der Waals surface area contributed by atoms with Crippen molar-refractivity contribution in [3.63, 3.8) is 0 Å². The fourth-order valence-electron chi connectivity index (χ4n) is 3.85. The standard InChI is InChI=1S/C20H30N4O2/c1-14(25)24-9-6-5-7-17(24)19-21-12-15-13-23(10-8-16(15)22-19)18(26)11-20(2,3)4/h12,17H,5-11,13H2,1-4H3/t17-/m1/s1. The van der Waals surface area contributed by atoms with Gasteiger partial charge in [0.05, 0.1) is 11.7 Å². The number of aromatic nitrogens is 2. The summed E-state index contributed by atoms with van der Waals surface area (Å²) in [4.78, 5) is 37.6. The first-order chi connectivity index (χ1) is 12.2. The summed E-state index contributed by atoms with van der Waals surface area (Å²) in [6, 6.07) is -0.00731. The highest BCUT2D eigenvalue weighted by molar-refractivity contribution is 5.77. The van der Waals surface area contributed by atoms with E-state index in [0.717, 1.165) is 49.3 Å². The highest BCUT2D eigenvalue weighted by atomic mass is 16.2. The molecule has 2 aliphatic heterocycles. The lowest BCUT2D eigenvalue weighted by Gasteiger charge is -2.35. The van der Waals surface area contributed by atoms with Crippen LogP contribution in [0.15, 0.2) is 6.20 Å². The third kappa shape index (κ3) is 4.22. The van der Waals surface area contributed by atoms with E-state index < -0.39 is 0 Å². The van der Waals surface area contributed by atoms with E-state index in [-0.39, 0.29) is 23.3 Å². The Balaban J connectivity index is 1.74. The van der Waals surface area contributed by atoms with Crippen molar-refractivity contribution in [3.8, 4) is 0 Å². The second-order valence-electron chi connectivity index (χ2n) is 8.73. The van der Waals surface area contributed by atoms with Crippen molar-refractivity contribution < 1.29 is 9.59 Å². The molecule has 0 radical (unpaired) electrons. The van der Waals surface area contributed by atoms with E-state index >= 15 is 0 Å². The van der Waals surface area contributed by atoms with Crippen LogP contribution in [0, 0.1) is 5.41 Å². The zero-order chi connectivity index (χ0) is 18.9. The molecule has 2 aliphatic rings. The molecule has 0 spiro atoms. The summed E-state index contributed by atoms with van der Waals surface area (Å²) in [7, 11) is 0. The number of nitrogens with zero attached hydrogens (tertiary/aromatic N) is 4. The van der Waals surface area contributed by atoms with E-state index in [4.69, 9.17) is 4.98 Å². The maximum Gasteiger partial charge on any atom is 0.223 e. The van der Waals surface area contributed by atoms with Gasteiger partial charge in [-0.05, 0) is 24.7 Å². The lowest BCUT2D eigenvalue weighted by atomic mass is 9.91. The predicted molar refractivity (Wildman–Crippen MR) is 99.2 cm³/mol. The van der Waals surface area contributed by atoms with Gasteiger partial charge in [-0.15, -0.1) is 0 Å². The number of piperidine rings is 1. The van der Waals surface area contributed by atoms with Gasteiger partial charge in [0, 0.05) is 51.2 Å². The van der Waals surface area contributed by atoms with Crippen LogP contribution in [0.4, 0.5) is 0 Å². The Kier molecular flexibility index (Phi) is 5.30. The Morgan fingerprint density at radius 1 is 1.23 bits per heavy atom. The maximum atomic E-state index is 12.5. The van der Waals surface area contributed by atoms with Crippen LogP contribution in [0.25, 0.3) is 0 Å². The molecule has 142 valence electrons. The molecule has 0 aliphatic carbocycles. The van der Waals surface area contributed by atoms with Gasteiger partial charge in [-0.25, -0.2) is 9.97 Å². The van der Waals surface area contributed by atoms with Crippen molar-refractivity contribution in [2.75, 3.05) is 13.1 Å². The first kappa shape index (κ1) is 18.8.